The summed E-state index contributed by atoms with van der Waals surface area (Å²) in [5.41, 5.74) is -0.991. The van der Waals surface area contributed by atoms with Crippen molar-refractivity contribution in [2.75, 3.05) is 33.9 Å². The van der Waals surface area contributed by atoms with Gasteiger partial charge in [-0.2, -0.15) is 18.3 Å². The summed E-state index contributed by atoms with van der Waals surface area (Å²) in [7, 11) is 2.90. The molecule has 0 spiro atoms. The Balaban J connectivity index is 1.47. The van der Waals surface area contributed by atoms with Crippen LogP contribution in [0, 0.1) is 5.92 Å². The topological polar surface area (TPSA) is 78.2 Å². The third kappa shape index (κ3) is 4.96. The maximum absolute atomic E-state index is 14.0. The first-order valence-electron chi connectivity index (χ1n) is 12.4. The molecule has 11 heteroatoms. The highest BCUT2D eigenvalue weighted by atomic mass is 19.4. The lowest BCUT2D eigenvalue weighted by Gasteiger charge is -2.44. The predicted molar refractivity (Wildman–Crippen MR) is 129 cm³/mol. The maximum Gasteiger partial charge on any atom is 0.433 e. The third-order valence-corrected chi connectivity index (χ3v) is 7.32. The van der Waals surface area contributed by atoms with E-state index in [1.54, 1.807) is 12.1 Å². The molecule has 0 bridgehead atoms. The van der Waals surface area contributed by atoms with Gasteiger partial charge in [0.05, 0.1) is 32.7 Å². The molecule has 0 aliphatic carbocycles. The summed E-state index contributed by atoms with van der Waals surface area (Å²) in [6, 6.07) is 5.97. The van der Waals surface area contributed by atoms with E-state index in [0.717, 1.165) is 51.0 Å². The molecule has 2 fully saturated rings. The van der Waals surface area contributed by atoms with Gasteiger partial charge in [-0.05, 0) is 63.0 Å². The molecule has 3 aromatic rings. The summed E-state index contributed by atoms with van der Waals surface area (Å²) >= 11 is 0. The Labute approximate surface area is 212 Å². The quantitative estimate of drug-likeness (QED) is 0.432. The number of ether oxygens (including phenoxy) is 3. The minimum absolute atomic E-state index is 0.0143. The molecule has 2 unspecified atom stereocenters. The number of fused-ring (bicyclic) bond motifs is 2. The number of rotatable bonds is 6. The molecule has 198 valence electrons. The summed E-state index contributed by atoms with van der Waals surface area (Å²) in [4.78, 5) is 19.9. The number of hydrogen-bond acceptors (Lipinski definition) is 7. The van der Waals surface area contributed by atoms with Crippen molar-refractivity contribution in [1.29, 1.82) is 0 Å². The molecule has 0 saturated carbocycles. The van der Waals surface area contributed by atoms with Crippen molar-refractivity contribution in [2.45, 2.75) is 44.3 Å². The Morgan fingerprint density at radius 1 is 1.05 bits per heavy atom. The molecule has 0 radical (unpaired) electrons. The Morgan fingerprint density at radius 2 is 1.84 bits per heavy atom. The average molecular weight is 519 g/mol. The van der Waals surface area contributed by atoms with E-state index >= 15 is 0 Å². The van der Waals surface area contributed by atoms with Crippen LogP contribution in [-0.2, 0) is 10.9 Å². The van der Waals surface area contributed by atoms with E-state index in [-0.39, 0.29) is 29.4 Å². The van der Waals surface area contributed by atoms with Gasteiger partial charge in [0.25, 0.3) is 0 Å². The van der Waals surface area contributed by atoms with Gasteiger partial charge in [0.2, 0.25) is 0 Å². The Morgan fingerprint density at radius 3 is 2.59 bits per heavy atom. The molecule has 5 rings (SSSR count). The van der Waals surface area contributed by atoms with Gasteiger partial charge in [-0.15, -0.1) is 0 Å². The molecule has 2 aliphatic rings. The Bertz CT molecular complexity index is 1290. The normalized spacial score (nSPS) is 20.5. The maximum atomic E-state index is 14.0. The highest BCUT2D eigenvalue weighted by Gasteiger charge is 2.37. The van der Waals surface area contributed by atoms with Crippen LogP contribution in [0.5, 0.6) is 11.5 Å². The highest BCUT2D eigenvalue weighted by Crippen LogP contribution is 2.36. The van der Waals surface area contributed by atoms with Crippen molar-refractivity contribution in [3.63, 3.8) is 0 Å². The zero-order chi connectivity index (χ0) is 26.2. The Hall–Kier alpha value is -3.34. The lowest BCUT2D eigenvalue weighted by atomic mass is 9.84. The standard InChI is InChI=1S/C26H29F3N4O4/c1-35-21-9-8-16(12-22(21)36-2)19-13-23(26(27,28)29)33-24(31-19)18(14-30-33)25(34)37-15-17-6-5-11-32-10-4-3-7-20(17)32/h8-9,12-14,17,20H,3-7,10-11,15H2,1-2H3. The minimum atomic E-state index is -4.73. The fraction of sp³-hybridized carbons (Fsp3) is 0.500. The van der Waals surface area contributed by atoms with Crippen LogP contribution in [0.3, 0.4) is 0 Å². The van der Waals surface area contributed by atoms with Crippen LogP contribution in [0.15, 0.2) is 30.5 Å². The van der Waals surface area contributed by atoms with Crippen molar-refractivity contribution in [1.82, 2.24) is 19.5 Å². The molecule has 2 saturated heterocycles. The number of halogens is 3. The van der Waals surface area contributed by atoms with E-state index in [9.17, 15) is 18.0 Å². The number of carbonyl (C=O) groups is 1. The molecule has 37 heavy (non-hydrogen) atoms. The van der Waals surface area contributed by atoms with E-state index in [0.29, 0.717) is 27.6 Å². The molecule has 2 atom stereocenters. The fourth-order valence-corrected chi connectivity index (χ4v) is 5.48. The monoisotopic (exact) mass is 518 g/mol. The summed E-state index contributed by atoms with van der Waals surface area (Å²) in [5, 5.41) is 3.84. The number of methoxy groups -OCH3 is 2. The van der Waals surface area contributed by atoms with Gasteiger partial charge in [-0.25, -0.2) is 14.3 Å². The molecular weight excluding hydrogens is 489 g/mol. The fourth-order valence-electron chi connectivity index (χ4n) is 5.48. The zero-order valence-electron chi connectivity index (χ0n) is 20.8. The van der Waals surface area contributed by atoms with Crippen LogP contribution in [-0.4, -0.2) is 65.4 Å². The third-order valence-electron chi connectivity index (χ3n) is 7.32. The lowest BCUT2D eigenvalue weighted by Crippen LogP contribution is -2.49. The van der Waals surface area contributed by atoms with Crippen LogP contribution in [0.1, 0.15) is 48.2 Å². The number of esters is 1. The van der Waals surface area contributed by atoms with Gasteiger partial charge < -0.3 is 14.2 Å². The van der Waals surface area contributed by atoms with Crippen LogP contribution < -0.4 is 9.47 Å². The van der Waals surface area contributed by atoms with E-state index in [2.05, 4.69) is 15.0 Å². The van der Waals surface area contributed by atoms with Gasteiger partial charge in [-0.1, -0.05) is 6.42 Å². The second-order valence-electron chi connectivity index (χ2n) is 9.49. The van der Waals surface area contributed by atoms with Crippen molar-refractivity contribution >= 4 is 11.6 Å². The zero-order valence-corrected chi connectivity index (χ0v) is 20.8. The van der Waals surface area contributed by atoms with Crippen molar-refractivity contribution in [3.8, 4) is 22.8 Å². The van der Waals surface area contributed by atoms with Crippen LogP contribution in [0.4, 0.5) is 13.2 Å². The second kappa shape index (κ2) is 10.2. The van der Waals surface area contributed by atoms with E-state index < -0.39 is 17.8 Å². The number of nitrogens with zero attached hydrogens (tertiary/aromatic N) is 4. The van der Waals surface area contributed by atoms with Crippen molar-refractivity contribution in [3.05, 3.63) is 41.7 Å². The molecule has 8 nitrogen and oxygen atoms in total. The number of aromatic nitrogens is 3. The van der Waals surface area contributed by atoms with Crippen molar-refractivity contribution < 1.29 is 32.2 Å². The predicted octanol–water partition coefficient (Wildman–Crippen LogP) is 4.85. The SMILES string of the molecule is COc1ccc(-c2cc(C(F)(F)F)n3ncc(C(=O)OCC4CCCN5CCCCC45)c3n2)cc1OC. The van der Waals surface area contributed by atoms with Crippen molar-refractivity contribution in [2.24, 2.45) is 5.92 Å². The number of hydrogen-bond donors (Lipinski definition) is 0. The average Bonchev–Trinajstić information content (AvgIpc) is 3.34. The molecule has 0 N–H and O–H groups in total. The van der Waals surface area contributed by atoms with Crippen LogP contribution in [0.2, 0.25) is 0 Å². The second-order valence-corrected chi connectivity index (χ2v) is 9.49. The van der Waals surface area contributed by atoms with Gasteiger partial charge >= 0.3 is 12.1 Å². The summed E-state index contributed by atoms with van der Waals surface area (Å²) in [5.74, 6) is 0.248. The van der Waals surface area contributed by atoms with E-state index in [1.807, 2.05) is 0 Å². The van der Waals surface area contributed by atoms with E-state index in [1.165, 1.54) is 26.7 Å². The van der Waals surface area contributed by atoms with Gasteiger partial charge in [0, 0.05) is 17.5 Å². The number of benzene rings is 1. The molecule has 1 aromatic carbocycles. The van der Waals surface area contributed by atoms with Gasteiger partial charge in [-0.3, -0.25) is 4.90 Å². The first kappa shape index (κ1) is 25.3. The molecule has 2 aliphatic heterocycles. The van der Waals surface area contributed by atoms with E-state index in [4.69, 9.17) is 14.2 Å². The summed E-state index contributed by atoms with van der Waals surface area (Å²) in [6.07, 6.45) is 1.77. The molecule has 2 aromatic heterocycles. The molecular formula is C26H29F3N4O4. The number of alkyl halides is 3. The number of piperidine rings is 2. The largest absolute Gasteiger partial charge is 0.493 e. The highest BCUT2D eigenvalue weighted by molar-refractivity contribution is 5.96. The summed E-state index contributed by atoms with van der Waals surface area (Å²) < 4.78 is 58.7. The minimum Gasteiger partial charge on any atom is -0.493 e. The van der Waals surface area contributed by atoms with Gasteiger partial charge in [0.15, 0.2) is 22.8 Å². The molecule has 4 heterocycles. The number of carbonyl (C=O) groups excluding carboxylic acids is 1. The summed E-state index contributed by atoms with van der Waals surface area (Å²) in [6.45, 7) is 2.34. The first-order valence-corrected chi connectivity index (χ1v) is 12.4. The van der Waals surface area contributed by atoms with Crippen LogP contribution >= 0.6 is 0 Å². The van der Waals surface area contributed by atoms with Gasteiger partial charge in [0.1, 0.15) is 5.56 Å². The Kier molecular flexibility index (Phi) is 6.98. The lowest BCUT2D eigenvalue weighted by molar-refractivity contribution is -0.142. The molecule has 0 amide bonds. The smallest absolute Gasteiger partial charge is 0.433 e. The van der Waals surface area contributed by atoms with Crippen LogP contribution in [0.25, 0.3) is 16.9 Å². The first-order chi connectivity index (χ1) is 17.8.